The first-order valence-electron chi connectivity index (χ1n) is 8.80. The first-order valence-corrected chi connectivity index (χ1v) is 10.9. The quantitative estimate of drug-likeness (QED) is 0.702. The molecular formula is C19H18ClN3O4S. The van der Waals surface area contributed by atoms with Crippen molar-refractivity contribution >= 4 is 27.3 Å². The number of aromatic nitrogens is 2. The molecule has 3 heterocycles. The molecule has 1 aliphatic heterocycles. The van der Waals surface area contributed by atoms with Crippen LogP contribution in [0.25, 0.3) is 11.5 Å². The number of nitrogens with zero attached hydrogens (tertiary/aromatic N) is 2. The minimum atomic E-state index is -3.44. The number of furan rings is 1. The molecular weight excluding hydrogens is 402 g/mol. The maximum Gasteiger partial charge on any atom is 0.274 e. The van der Waals surface area contributed by atoms with E-state index in [1.807, 2.05) is 0 Å². The van der Waals surface area contributed by atoms with Gasteiger partial charge in [0.15, 0.2) is 21.3 Å². The molecule has 1 N–H and O–H groups in total. The van der Waals surface area contributed by atoms with Crippen LogP contribution in [0.15, 0.2) is 53.1 Å². The van der Waals surface area contributed by atoms with Crippen molar-refractivity contribution in [3.8, 4) is 11.5 Å². The summed E-state index contributed by atoms with van der Waals surface area (Å²) in [6.07, 6.45) is 1.82. The van der Waals surface area contributed by atoms with Gasteiger partial charge in [-0.2, -0.15) is 5.10 Å². The Labute approximate surface area is 167 Å². The molecule has 0 aliphatic carbocycles. The zero-order chi connectivity index (χ0) is 19.7. The SMILES string of the molecule is O=C(c1cc(-c2ccco2)[nH]n1)N1CCC(c2ccccc2Cl)S(=O)(=O)CC1. The summed E-state index contributed by atoms with van der Waals surface area (Å²) in [6, 6.07) is 12.0. The average molecular weight is 420 g/mol. The Morgan fingerprint density at radius 1 is 1.21 bits per heavy atom. The Bertz CT molecular complexity index is 1090. The maximum atomic E-state index is 12.8. The van der Waals surface area contributed by atoms with Crippen LogP contribution in [0.3, 0.4) is 0 Å². The molecule has 0 spiro atoms. The molecule has 0 radical (unpaired) electrons. The third-order valence-corrected chi connectivity index (χ3v) is 7.32. The van der Waals surface area contributed by atoms with E-state index in [9.17, 15) is 13.2 Å². The van der Waals surface area contributed by atoms with E-state index in [0.717, 1.165) is 0 Å². The molecule has 2 aromatic heterocycles. The number of amides is 1. The topological polar surface area (TPSA) is 96.3 Å². The molecule has 3 aromatic rings. The maximum absolute atomic E-state index is 12.8. The molecule has 146 valence electrons. The van der Waals surface area contributed by atoms with E-state index in [-0.39, 0.29) is 30.3 Å². The summed E-state index contributed by atoms with van der Waals surface area (Å²) >= 11 is 6.22. The second kappa shape index (κ2) is 7.44. The van der Waals surface area contributed by atoms with Gasteiger partial charge in [0.05, 0.1) is 17.3 Å². The van der Waals surface area contributed by atoms with E-state index in [2.05, 4.69) is 10.2 Å². The van der Waals surface area contributed by atoms with Crippen molar-refractivity contribution in [3.05, 3.63) is 65.0 Å². The normalized spacial score (nSPS) is 19.3. The van der Waals surface area contributed by atoms with Gasteiger partial charge in [-0.1, -0.05) is 29.8 Å². The number of hydrogen-bond acceptors (Lipinski definition) is 5. The van der Waals surface area contributed by atoms with Crippen molar-refractivity contribution in [2.75, 3.05) is 18.8 Å². The summed E-state index contributed by atoms with van der Waals surface area (Å²) in [5.74, 6) is 0.136. The van der Waals surface area contributed by atoms with Gasteiger partial charge in [0, 0.05) is 24.2 Å². The van der Waals surface area contributed by atoms with Crippen molar-refractivity contribution in [2.45, 2.75) is 11.7 Å². The minimum absolute atomic E-state index is 0.116. The van der Waals surface area contributed by atoms with Crippen molar-refractivity contribution in [1.29, 1.82) is 0 Å². The van der Waals surface area contributed by atoms with Gasteiger partial charge in [-0.05, 0) is 30.2 Å². The Kier molecular flexibility index (Phi) is 4.99. The number of sulfone groups is 1. The summed E-state index contributed by atoms with van der Waals surface area (Å²) in [6.45, 7) is 0.419. The highest BCUT2D eigenvalue weighted by Crippen LogP contribution is 2.34. The first-order chi connectivity index (χ1) is 13.5. The van der Waals surface area contributed by atoms with Gasteiger partial charge in [0.1, 0.15) is 5.69 Å². The van der Waals surface area contributed by atoms with Crippen LogP contribution in [0.5, 0.6) is 0 Å². The molecule has 1 fully saturated rings. The Balaban J connectivity index is 1.55. The molecule has 1 saturated heterocycles. The van der Waals surface area contributed by atoms with Crippen LogP contribution in [0.1, 0.15) is 27.7 Å². The second-order valence-electron chi connectivity index (χ2n) is 6.60. The van der Waals surface area contributed by atoms with Gasteiger partial charge in [0.25, 0.3) is 5.91 Å². The summed E-state index contributed by atoms with van der Waals surface area (Å²) in [4.78, 5) is 14.4. The van der Waals surface area contributed by atoms with Crippen molar-refractivity contribution in [2.24, 2.45) is 0 Å². The van der Waals surface area contributed by atoms with E-state index in [1.54, 1.807) is 42.5 Å². The van der Waals surface area contributed by atoms with Crippen LogP contribution in [-0.4, -0.2) is 48.3 Å². The van der Waals surface area contributed by atoms with Gasteiger partial charge in [-0.3, -0.25) is 9.89 Å². The number of carbonyl (C=O) groups is 1. The molecule has 1 aliphatic rings. The predicted molar refractivity (Wildman–Crippen MR) is 105 cm³/mol. The van der Waals surface area contributed by atoms with Crippen LogP contribution in [0, 0.1) is 0 Å². The number of halogens is 1. The fraction of sp³-hybridized carbons (Fsp3) is 0.263. The van der Waals surface area contributed by atoms with E-state index in [0.29, 0.717) is 28.6 Å². The van der Waals surface area contributed by atoms with Crippen molar-refractivity contribution in [3.63, 3.8) is 0 Å². The number of rotatable bonds is 3. The molecule has 1 atom stereocenters. The molecule has 9 heteroatoms. The molecule has 7 nitrogen and oxygen atoms in total. The average Bonchev–Trinajstić information content (AvgIpc) is 3.33. The number of aromatic amines is 1. The zero-order valence-corrected chi connectivity index (χ0v) is 16.4. The van der Waals surface area contributed by atoms with Gasteiger partial charge in [-0.25, -0.2) is 8.42 Å². The van der Waals surface area contributed by atoms with E-state index >= 15 is 0 Å². The van der Waals surface area contributed by atoms with Crippen molar-refractivity contribution < 1.29 is 17.6 Å². The van der Waals surface area contributed by atoms with Crippen LogP contribution in [-0.2, 0) is 9.84 Å². The number of hydrogen-bond donors (Lipinski definition) is 1. The lowest BCUT2D eigenvalue weighted by Gasteiger charge is -2.19. The molecule has 1 amide bonds. The Morgan fingerprint density at radius 2 is 2.04 bits per heavy atom. The molecule has 1 aromatic carbocycles. The van der Waals surface area contributed by atoms with E-state index in [1.165, 1.54) is 11.2 Å². The Hall–Kier alpha value is -2.58. The summed E-state index contributed by atoms with van der Waals surface area (Å²) in [7, 11) is -3.44. The highest BCUT2D eigenvalue weighted by atomic mass is 35.5. The number of H-pyrrole nitrogens is 1. The highest BCUT2D eigenvalue weighted by Gasteiger charge is 2.34. The first kappa shape index (κ1) is 18.8. The lowest BCUT2D eigenvalue weighted by Crippen LogP contribution is -2.33. The molecule has 28 heavy (non-hydrogen) atoms. The highest BCUT2D eigenvalue weighted by molar-refractivity contribution is 7.91. The third kappa shape index (κ3) is 3.57. The number of carbonyl (C=O) groups excluding carboxylic acids is 1. The molecule has 1 unspecified atom stereocenters. The summed E-state index contributed by atoms with van der Waals surface area (Å²) in [5, 5.41) is 6.53. The smallest absolute Gasteiger partial charge is 0.274 e. The van der Waals surface area contributed by atoms with Gasteiger partial charge in [-0.15, -0.1) is 0 Å². The van der Waals surface area contributed by atoms with E-state index in [4.69, 9.17) is 16.0 Å². The van der Waals surface area contributed by atoms with Crippen LogP contribution in [0.2, 0.25) is 5.02 Å². The van der Waals surface area contributed by atoms with Crippen LogP contribution < -0.4 is 0 Å². The summed E-state index contributed by atoms with van der Waals surface area (Å²) in [5.41, 5.74) is 1.39. The zero-order valence-electron chi connectivity index (χ0n) is 14.8. The number of benzene rings is 1. The standard InChI is InChI=1S/C19H18ClN3O4S/c20-14-5-2-1-4-13(14)18-7-8-23(9-11-28(18,25)26)19(24)16-12-15(21-22-16)17-6-3-10-27-17/h1-6,10,12,18H,7-9,11H2,(H,21,22). The third-order valence-electron chi connectivity index (χ3n) is 4.86. The minimum Gasteiger partial charge on any atom is -0.463 e. The monoisotopic (exact) mass is 419 g/mol. The van der Waals surface area contributed by atoms with E-state index < -0.39 is 15.1 Å². The fourth-order valence-corrected chi connectivity index (χ4v) is 5.53. The lowest BCUT2D eigenvalue weighted by molar-refractivity contribution is 0.0760. The fourth-order valence-electron chi connectivity index (χ4n) is 3.38. The lowest BCUT2D eigenvalue weighted by atomic mass is 10.1. The second-order valence-corrected chi connectivity index (χ2v) is 9.31. The van der Waals surface area contributed by atoms with Gasteiger partial charge < -0.3 is 9.32 Å². The van der Waals surface area contributed by atoms with Gasteiger partial charge in [0.2, 0.25) is 0 Å². The summed E-state index contributed by atoms with van der Waals surface area (Å²) < 4.78 is 30.9. The van der Waals surface area contributed by atoms with Crippen LogP contribution in [0.4, 0.5) is 0 Å². The molecule has 4 rings (SSSR count). The Morgan fingerprint density at radius 3 is 2.79 bits per heavy atom. The largest absolute Gasteiger partial charge is 0.463 e. The molecule has 0 saturated carbocycles. The molecule has 0 bridgehead atoms. The van der Waals surface area contributed by atoms with Crippen molar-refractivity contribution in [1.82, 2.24) is 15.1 Å². The van der Waals surface area contributed by atoms with Gasteiger partial charge >= 0.3 is 0 Å². The number of nitrogens with one attached hydrogen (secondary N) is 1. The van der Waals surface area contributed by atoms with Crippen LogP contribution >= 0.6 is 11.6 Å². The predicted octanol–water partition coefficient (Wildman–Crippen LogP) is 3.33.